The van der Waals surface area contributed by atoms with Crippen molar-refractivity contribution < 1.29 is 4.39 Å². The van der Waals surface area contributed by atoms with Crippen LogP contribution in [0.2, 0.25) is 0 Å². The van der Waals surface area contributed by atoms with Crippen LogP contribution in [0.5, 0.6) is 0 Å². The second-order valence-electron chi connectivity index (χ2n) is 8.07. The van der Waals surface area contributed by atoms with Crippen molar-refractivity contribution in [3.8, 4) is 6.07 Å². The minimum absolute atomic E-state index is 0.0800. The third kappa shape index (κ3) is 4.14. The predicted octanol–water partition coefficient (Wildman–Crippen LogP) is 4.38. The zero-order chi connectivity index (χ0) is 22.9. The Morgan fingerprint density at radius 1 is 1.00 bits per heavy atom. The van der Waals surface area contributed by atoms with E-state index in [0.29, 0.717) is 11.5 Å². The fourth-order valence-electron chi connectivity index (χ4n) is 4.22. The van der Waals surface area contributed by atoms with Gasteiger partial charge in [-0.05, 0) is 45.3 Å². The van der Waals surface area contributed by atoms with E-state index in [-0.39, 0.29) is 11.7 Å². The van der Waals surface area contributed by atoms with Crippen LogP contribution in [-0.4, -0.2) is 45.8 Å². The maximum absolute atomic E-state index is 13.2. The highest BCUT2D eigenvalue weighted by Crippen LogP contribution is 2.30. The van der Waals surface area contributed by atoms with Crippen molar-refractivity contribution >= 4 is 33.1 Å². The van der Waals surface area contributed by atoms with Gasteiger partial charge in [0.15, 0.2) is 0 Å². The quantitative estimate of drug-likeness (QED) is 0.409. The van der Waals surface area contributed by atoms with Crippen molar-refractivity contribution in [2.75, 3.05) is 36.0 Å². The molecule has 1 saturated heterocycles. The Hall–Kier alpha value is -3.51. The lowest BCUT2D eigenvalue weighted by Gasteiger charge is -2.36. The highest BCUT2D eigenvalue weighted by molar-refractivity contribution is 9.10. The molecule has 1 aromatic carbocycles. The SMILES string of the molecule is CC(c1ccc(F)cc1)c1cnc(N2CCN(c3c(C#N)cnn4cc(Br)cc34)CC2)nc1. The molecule has 0 radical (unpaired) electrons. The van der Waals surface area contributed by atoms with Gasteiger partial charge >= 0.3 is 0 Å². The van der Waals surface area contributed by atoms with Crippen LogP contribution >= 0.6 is 15.9 Å². The van der Waals surface area contributed by atoms with E-state index in [1.165, 1.54) is 12.1 Å². The third-order valence-electron chi connectivity index (χ3n) is 6.10. The second kappa shape index (κ2) is 8.79. The Morgan fingerprint density at radius 3 is 2.33 bits per heavy atom. The highest BCUT2D eigenvalue weighted by atomic mass is 79.9. The lowest BCUT2D eigenvalue weighted by Crippen LogP contribution is -2.47. The first-order chi connectivity index (χ1) is 16.0. The topological polar surface area (TPSA) is 73.4 Å². The van der Waals surface area contributed by atoms with Crippen LogP contribution in [0.4, 0.5) is 16.0 Å². The van der Waals surface area contributed by atoms with E-state index in [1.807, 2.05) is 24.7 Å². The van der Waals surface area contributed by atoms with Gasteiger partial charge in [-0.2, -0.15) is 10.4 Å². The number of nitriles is 1. The summed E-state index contributed by atoms with van der Waals surface area (Å²) in [5.41, 5.74) is 4.39. The summed E-state index contributed by atoms with van der Waals surface area (Å²) in [6.45, 7) is 5.04. The van der Waals surface area contributed by atoms with E-state index in [4.69, 9.17) is 0 Å². The predicted molar refractivity (Wildman–Crippen MR) is 128 cm³/mol. The van der Waals surface area contributed by atoms with Crippen molar-refractivity contribution in [2.45, 2.75) is 12.8 Å². The number of rotatable bonds is 4. The summed E-state index contributed by atoms with van der Waals surface area (Å²) in [6.07, 6.45) is 7.20. The van der Waals surface area contributed by atoms with Gasteiger partial charge in [-0.25, -0.2) is 18.9 Å². The zero-order valence-corrected chi connectivity index (χ0v) is 19.6. The molecule has 0 spiro atoms. The van der Waals surface area contributed by atoms with Gasteiger partial charge in [0.1, 0.15) is 11.9 Å². The molecule has 1 aliphatic rings. The van der Waals surface area contributed by atoms with Crippen LogP contribution in [0.3, 0.4) is 0 Å². The molecule has 5 rings (SSSR count). The Bertz CT molecular complexity index is 1320. The van der Waals surface area contributed by atoms with Crippen LogP contribution in [0, 0.1) is 17.1 Å². The molecule has 0 bridgehead atoms. The average molecular weight is 506 g/mol. The van der Waals surface area contributed by atoms with Crippen LogP contribution in [0.25, 0.3) is 5.52 Å². The summed E-state index contributed by atoms with van der Waals surface area (Å²) in [5.74, 6) is 0.530. The average Bonchev–Trinajstić information content (AvgIpc) is 3.24. The minimum atomic E-state index is -0.240. The van der Waals surface area contributed by atoms with Gasteiger partial charge in [-0.1, -0.05) is 19.1 Å². The molecule has 0 amide bonds. The molecule has 3 aromatic heterocycles. The number of anilines is 2. The van der Waals surface area contributed by atoms with Gasteiger partial charge < -0.3 is 9.80 Å². The summed E-state index contributed by atoms with van der Waals surface area (Å²) in [5, 5.41) is 14.0. The van der Waals surface area contributed by atoms with E-state index in [2.05, 4.69) is 53.8 Å². The number of piperazine rings is 1. The van der Waals surface area contributed by atoms with Gasteiger partial charge in [-0.3, -0.25) is 0 Å². The smallest absolute Gasteiger partial charge is 0.225 e. The molecule has 9 heteroatoms. The normalized spacial score (nSPS) is 15.0. The van der Waals surface area contributed by atoms with Crippen molar-refractivity contribution in [1.82, 2.24) is 19.6 Å². The fourth-order valence-corrected chi connectivity index (χ4v) is 4.63. The summed E-state index contributed by atoms with van der Waals surface area (Å²) >= 11 is 3.50. The molecule has 1 fully saturated rings. The molecule has 4 aromatic rings. The molecule has 1 unspecified atom stereocenters. The van der Waals surface area contributed by atoms with Gasteiger partial charge in [-0.15, -0.1) is 0 Å². The van der Waals surface area contributed by atoms with Crippen molar-refractivity contribution in [1.29, 1.82) is 5.26 Å². The lowest BCUT2D eigenvalue weighted by molar-refractivity contribution is 0.626. The van der Waals surface area contributed by atoms with Gasteiger partial charge in [0.25, 0.3) is 0 Å². The van der Waals surface area contributed by atoms with E-state index < -0.39 is 0 Å². The fraction of sp³-hybridized carbons (Fsp3) is 0.250. The van der Waals surface area contributed by atoms with E-state index >= 15 is 0 Å². The number of halogens is 2. The monoisotopic (exact) mass is 505 g/mol. The van der Waals surface area contributed by atoms with Crippen molar-refractivity contribution in [2.24, 2.45) is 0 Å². The Labute approximate surface area is 199 Å². The molecule has 1 aliphatic heterocycles. The summed E-state index contributed by atoms with van der Waals surface area (Å²) in [7, 11) is 0. The van der Waals surface area contributed by atoms with Gasteiger partial charge in [0.05, 0.1) is 23.0 Å². The molecule has 0 saturated carbocycles. The van der Waals surface area contributed by atoms with Crippen LogP contribution in [0.15, 0.2) is 59.6 Å². The number of nitrogens with zero attached hydrogens (tertiary/aromatic N) is 7. The first kappa shape index (κ1) is 21.3. The molecule has 1 atom stereocenters. The maximum atomic E-state index is 13.2. The van der Waals surface area contributed by atoms with Crippen LogP contribution in [-0.2, 0) is 0 Å². The number of hydrogen-bond acceptors (Lipinski definition) is 6. The molecular weight excluding hydrogens is 485 g/mol. The summed E-state index contributed by atoms with van der Waals surface area (Å²) in [4.78, 5) is 13.6. The molecule has 0 N–H and O–H groups in total. The minimum Gasteiger partial charge on any atom is -0.365 e. The van der Waals surface area contributed by atoms with Crippen molar-refractivity contribution in [3.63, 3.8) is 0 Å². The lowest BCUT2D eigenvalue weighted by atomic mass is 9.95. The molecular formula is C24H21BrFN7. The first-order valence-electron chi connectivity index (χ1n) is 10.7. The highest BCUT2D eigenvalue weighted by Gasteiger charge is 2.24. The molecule has 7 nitrogen and oxygen atoms in total. The molecule has 33 heavy (non-hydrogen) atoms. The van der Waals surface area contributed by atoms with Crippen LogP contribution in [0.1, 0.15) is 29.5 Å². The number of hydrogen-bond donors (Lipinski definition) is 0. The van der Waals surface area contributed by atoms with Crippen LogP contribution < -0.4 is 9.80 Å². The first-order valence-corrected chi connectivity index (χ1v) is 11.5. The third-order valence-corrected chi connectivity index (χ3v) is 6.54. The molecule has 4 heterocycles. The standard InChI is InChI=1S/C24H21BrFN7/c1-16(17-2-4-21(26)5-3-17)19-12-28-24(29-13-19)32-8-6-31(7-9-32)23-18(11-27)14-30-33-15-20(25)10-22(23)33/h2-5,10,12-16H,6-9H2,1H3. The second-order valence-corrected chi connectivity index (χ2v) is 8.99. The molecule has 0 aliphatic carbocycles. The number of aromatic nitrogens is 4. The van der Waals surface area contributed by atoms with Gasteiger partial charge in [0, 0.05) is 55.2 Å². The summed E-state index contributed by atoms with van der Waals surface area (Å²) < 4.78 is 15.9. The largest absolute Gasteiger partial charge is 0.365 e. The Morgan fingerprint density at radius 2 is 1.67 bits per heavy atom. The zero-order valence-electron chi connectivity index (χ0n) is 18.0. The van der Waals surface area contributed by atoms with Crippen molar-refractivity contribution in [3.05, 3.63) is 82.1 Å². The van der Waals surface area contributed by atoms with Gasteiger partial charge in [0.2, 0.25) is 5.95 Å². The van der Waals surface area contributed by atoms with E-state index in [9.17, 15) is 9.65 Å². The molecule has 166 valence electrons. The summed E-state index contributed by atoms with van der Waals surface area (Å²) in [6, 6.07) is 10.8. The Kier molecular flexibility index (Phi) is 5.68. The number of fused-ring (bicyclic) bond motifs is 1. The maximum Gasteiger partial charge on any atom is 0.225 e. The number of benzene rings is 1. The van der Waals surface area contributed by atoms with E-state index in [1.54, 1.807) is 22.8 Å². The van der Waals surface area contributed by atoms with E-state index in [0.717, 1.165) is 53.0 Å². The Balaban J connectivity index is 1.30.